The maximum absolute atomic E-state index is 12.1. The number of aromatic amines is 1. The van der Waals surface area contributed by atoms with Crippen LogP contribution in [0.4, 0.5) is 0 Å². The van der Waals surface area contributed by atoms with Crippen molar-refractivity contribution in [2.45, 2.75) is 27.7 Å². The van der Waals surface area contributed by atoms with Gasteiger partial charge >= 0.3 is 0 Å². The molecule has 0 radical (unpaired) electrons. The van der Waals surface area contributed by atoms with Crippen molar-refractivity contribution in [3.05, 3.63) is 62.7 Å². The number of hydrogen-bond acceptors (Lipinski definition) is 4. The number of H-pyrrole nitrogens is 1. The number of hydrogen-bond donors (Lipinski definition) is 2. The monoisotopic (exact) mass is 337 g/mol. The van der Waals surface area contributed by atoms with Gasteiger partial charge in [0.1, 0.15) is 0 Å². The van der Waals surface area contributed by atoms with Crippen LogP contribution in [0.2, 0.25) is 0 Å². The van der Waals surface area contributed by atoms with Crippen LogP contribution in [0.5, 0.6) is 0 Å². The molecule has 0 saturated carbocycles. The fourth-order valence-corrected chi connectivity index (χ4v) is 2.67. The predicted octanol–water partition coefficient (Wildman–Crippen LogP) is 1.96. The Morgan fingerprint density at radius 3 is 2.52 bits per heavy atom. The number of nitrogens with two attached hydrogens (primary N) is 1. The third kappa shape index (κ3) is 2.96. The second-order valence-electron chi connectivity index (χ2n) is 6.10. The van der Waals surface area contributed by atoms with Crippen molar-refractivity contribution in [2.75, 3.05) is 0 Å². The molecular weight excluding hydrogens is 318 g/mol. The molecule has 3 rings (SSSR count). The Morgan fingerprint density at radius 1 is 1.16 bits per heavy atom. The molecular formula is C18H19N5O2. The van der Waals surface area contributed by atoms with E-state index in [4.69, 9.17) is 5.73 Å². The molecule has 0 atom stereocenters. The maximum atomic E-state index is 12.1. The Labute approximate surface area is 144 Å². The normalized spacial score (nSPS) is 10.9. The molecule has 0 fully saturated rings. The van der Waals surface area contributed by atoms with Gasteiger partial charge in [-0.15, -0.1) is 0 Å². The summed E-state index contributed by atoms with van der Waals surface area (Å²) >= 11 is 0. The fourth-order valence-electron chi connectivity index (χ4n) is 2.67. The summed E-state index contributed by atoms with van der Waals surface area (Å²) in [5, 5.41) is 4.43. The van der Waals surface area contributed by atoms with E-state index in [0.717, 1.165) is 11.3 Å². The summed E-state index contributed by atoms with van der Waals surface area (Å²) in [4.78, 5) is 31.1. The second-order valence-corrected chi connectivity index (χ2v) is 6.10. The van der Waals surface area contributed by atoms with Gasteiger partial charge in [0.05, 0.1) is 11.4 Å². The summed E-state index contributed by atoms with van der Waals surface area (Å²) in [7, 11) is 0. The smallest absolute Gasteiger partial charge is 0.255 e. The number of benzene rings is 1. The number of nitrogens with one attached hydrogen (secondary N) is 1. The second kappa shape index (κ2) is 6.01. The van der Waals surface area contributed by atoms with Crippen LogP contribution in [0.1, 0.15) is 32.9 Å². The standard InChI is InChI=1S/C18H19N5O2/c1-9-5-6-13(16(19)24)14(7-9)15-8-10(2)22-23(15)18-20-12(4)11(3)17(25)21-18/h5-8H,1-4H3,(H2,19,24)(H,20,21,25). The predicted molar refractivity (Wildman–Crippen MR) is 94.9 cm³/mol. The van der Waals surface area contributed by atoms with E-state index in [-0.39, 0.29) is 5.56 Å². The number of nitrogens with zero attached hydrogens (tertiary/aromatic N) is 3. The molecule has 0 aliphatic carbocycles. The zero-order valence-corrected chi connectivity index (χ0v) is 14.5. The van der Waals surface area contributed by atoms with Crippen LogP contribution in [0.3, 0.4) is 0 Å². The summed E-state index contributed by atoms with van der Waals surface area (Å²) < 4.78 is 1.53. The van der Waals surface area contributed by atoms with E-state index in [1.165, 1.54) is 4.68 Å². The summed E-state index contributed by atoms with van der Waals surface area (Å²) in [5.41, 5.74) is 9.87. The van der Waals surface area contributed by atoms with Gasteiger partial charge in [-0.3, -0.25) is 14.6 Å². The van der Waals surface area contributed by atoms with Crippen molar-refractivity contribution in [3.8, 4) is 17.2 Å². The van der Waals surface area contributed by atoms with Crippen molar-refractivity contribution in [3.63, 3.8) is 0 Å². The molecule has 25 heavy (non-hydrogen) atoms. The van der Waals surface area contributed by atoms with Gasteiger partial charge in [-0.2, -0.15) is 9.78 Å². The van der Waals surface area contributed by atoms with Crippen molar-refractivity contribution in [1.29, 1.82) is 0 Å². The van der Waals surface area contributed by atoms with Gasteiger partial charge in [-0.05, 0) is 45.9 Å². The topological polar surface area (TPSA) is 107 Å². The molecule has 1 amide bonds. The largest absolute Gasteiger partial charge is 0.366 e. The highest BCUT2D eigenvalue weighted by molar-refractivity contribution is 5.99. The third-order valence-corrected chi connectivity index (χ3v) is 4.13. The molecule has 2 aromatic heterocycles. The average molecular weight is 337 g/mol. The van der Waals surface area contributed by atoms with Crippen molar-refractivity contribution >= 4 is 5.91 Å². The Hall–Kier alpha value is -3.22. The van der Waals surface area contributed by atoms with Crippen LogP contribution in [0.15, 0.2) is 29.1 Å². The molecule has 0 aliphatic heterocycles. The molecule has 0 spiro atoms. The number of rotatable bonds is 3. The molecule has 3 N–H and O–H groups in total. The van der Waals surface area contributed by atoms with E-state index < -0.39 is 5.91 Å². The molecule has 3 aromatic rings. The SMILES string of the molecule is Cc1ccc(C(N)=O)c(-c2cc(C)nn2-c2nc(C)c(C)c(=O)[nH]2)c1. The van der Waals surface area contributed by atoms with E-state index in [2.05, 4.69) is 15.1 Å². The first-order valence-electron chi connectivity index (χ1n) is 7.83. The minimum Gasteiger partial charge on any atom is -0.366 e. The maximum Gasteiger partial charge on any atom is 0.255 e. The lowest BCUT2D eigenvalue weighted by Gasteiger charge is -2.11. The van der Waals surface area contributed by atoms with Gasteiger partial charge < -0.3 is 5.73 Å². The lowest BCUT2D eigenvalue weighted by atomic mass is 10.0. The number of aryl methyl sites for hydroxylation is 3. The van der Waals surface area contributed by atoms with Gasteiger partial charge in [0.15, 0.2) is 0 Å². The number of carbonyl (C=O) groups excluding carboxylic acids is 1. The van der Waals surface area contributed by atoms with Gasteiger partial charge in [0.2, 0.25) is 11.9 Å². The Morgan fingerprint density at radius 2 is 1.88 bits per heavy atom. The number of amides is 1. The zero-order chi connectivity index (χ0) is 18.3. The average Bonchev–Trinajstić information content (AvgIpc) is 2.93. The van der Waals surface area contributed by atoms with E-state index in [1.807, 2.05) is 32.0 Å². The number of primary amides is 1. The van der Waals surface area contributed by atoms with Gasteiger partial charge in [-0.25, -0.2) is 4.98 Å². The molecule has 2 heterocycles. The van der Waals surface area contributed by atoms with Crippen LogP contribution in [-0.4, -0.2) is 25.7 Å². The first-order valence-corrected chi connectivity index (χ1v) is 7.83. The third-order valence-electron chi connectivity index (χ3n) is 4.13. The Kier molecular flexibility index (Phi) is 4.00. The fraction of sp³-hybridized carbons (Fsp3) is 0.222. The summed E-state index contributed by atoms with van der Waals surface area (Å²) in [6, 6.07) is 7.21. The van der Waals surface area contributed by atoms with Crippen LogP contribution in [-0.2, 0) is 0 Å². The Bertz CT molecular complexity index is 1050. The van der Waals surface area contributed by atoms with Gasteiger partial charge in [-0.1, -0.05) is 11.6 Å². The number of carbonyl (C=O) groups is 1. The van der Waals surface area contributed by atoms with Gasteiger partial charge in [0, 0.05) is 22.4 Å². The highest BCUT2D eigenvalue weighted by Crippen LogP contribution is 2.27. The molecule has 0 saturated heterocycles. The minimum absolute atomic E-state index is 0.221. The van der Waals surface area contributed by atoms with Crippen LogP contribution >= 0.6 is 0 Å². The molecule has 0 aliphatic rings. The van der Waals surface area contributed by atoms with Crippen molar-refractivity contribution in [2.24, 2.45) is 5.73 Å². The van der Waals surface area contributed by atoms with E-state index in [0.29, 0.717) is 34.0 Å². The lowest BCUT2D eigenvalue weighted by molar-refractivity contribution is 0.100. The number of aromatic nitrogens is 4. The molecule has 0 bridgehead atoms. The molecule has 7 nitrogen and oxygen atoms in total. The van der Waals surface area contributed by atoms with E-state index in [9.17, 15) is 9.59 Å². The van der Waals surface area contributed by atoms with Crippen molar-refractivity contribution in [1.82, 2.24) is 19.7 Å². The van der Waals surface area contributed by atoms with E-state index in [1.54, 1.807) is 19.9 Å². The highest BCUT2D eigenvalue weighted by Gasteiger charge is 2.18. The first kappa shape index (κ1) is 16.6. The quantitative estimate of drug-likeness (QED) is 0.761. The van der Waals surface area contributed by atoms with E-state index >= 15 is 0 Å². The van der Waals surface area contributed by atoms with Crippen LogP contribution < -0.4 is 11.3 Å². The molecule has 128 valence electrons. The summed E-state index contributed by atoms with van der Waals surface area (Å²) in [6.45, 7) is 7.24. The van der Waals surface area contributed by atoms with Crippen molar-refractivity contribution < 1.29 is 4.79 Å². The highest BCUT2D eigenvalue weighted by atomic mass is 16.1. The summed E-state index contributed by atoms with van der Waals surface area (Å²) in [6.07, 6.45) is 0. The molecule has 1 aromatic carbocycles. The molecule has 7 heteroatoms. The lowest BCUT2D eigenvalue weighted by Crippen LogP contribution is -2.19. The summed E-state index contributed by atoms with van der Waals surface area (Å²) in [5.74, 6) is -0.227. The van der Waals surface area contributed by atoms with Gasteiger partial charge in [0.25, 0.3) is 5.56 Å². The zero-order valence-electron chi connectivity index (χ0n) is 14.5. The molecule has 0 unspecified atom stereocenters. The van der Waals surface area contributed by atoms with Crippen LogP contribution in [0.25, 0.3) is 17.2 Å². The first-order chi connectivity index (χ1) is 11.8. The minimum atomic E-state index is -0.526. The Balaban J connectivity index is 2.30. The van der Waals surface area contributed by atoms with Crippen LogP contribution in [0, 0.1) is 27.7 Å².